The molecule has 2 unspecified atom stereocenters. The average molecular weight is 186 g/mol. The molecule has 0 saturated carbocycles. The van der Waals surface area contributed by atoms with Crippen LogP contribution in [-0.2, 0) is 0 Å². The molecular weight excluding hydrogens is 160 g/mol. The van der Waals surface area contributed by atoms with Crippen molar-refractivity contribution < 1.29 is 0 Å². The molecule has 0 fully saturated rings. The highest BCUT2D eigenvalue weighted by atomic mass is 14.6. The Bertz CT molecular complexity index is 104. The summed E-state index contributed by atoms with van der Waals surface area (Å²) in [5.74, 6) is 0. The summed E-state index contributed by atoms with van der Waals surface area (Å²) in [4.78, 5) is 0. The van der Waals surface area contributed by atoms with E-state index in [1.807, 2.05) is 0 Å². The van der Waals surface area contributed by atoms with Crippen molar-refractivity contribution in [1.82, 2.24) is 0 Å². The minimum absolute atomic E-state index is 0.359. The summed E-state index contributed by atoms with van der Waals surface area (Å²) in [5.41, 5.74) is 11.8. The van der Waals surface area contributed by atoms with Crippen molar-refractivity contribution in [2.24, 2.45) is 11.5 Å². The SMILES string of the molecule is CCCCCC(N)CCC(N)CC. The normalized spacial score (nSPS) is 15.7. The van der Waals surface area contributed by atoms with Crippen LogP contribution >= 0.6 is 0 Å². The van der Waals surface area contributed by atoms with Crippen molar-refractivity contribution >= 4 is 0 Å². The van der Waals surface area contributed by atoms with Crippen LogP contribution in [0.25, 0.3) is 0 Å². The topological polar surface area (TPSA) is 52.0 Å². The van der Waals surface area contributed by atoms with Crippen LogP contribution in [0.5, 0.6) is 0 Å². The maximum atomic E-state index is 5.96. The van der Waals surface area contributed by atoms with E-state index in [4.69, 9.17) is 11.5 Å². The van der Waals surface area contributed by atoms with E-state index in [9.17, 15) is 0 Å². The largest absolute Gasteiger partial charge is 0.328 e. The first-order valence-corrected chi connectivity index (χ1v) is 5.71. The summed E-state index contributed by atoms with van der Waals surface area (Å²) in [5, 5.41) is 0. The number of nitrogens with two attached hydrogens (primary N) is 2. The first-order chi connectivity index (χ1) is 6.20. The fourth-order valence-electron chi connectivity index (χ4n) is 1.43. The molecule has 2 atom stereocenters. The Hall–Kier alpha value is -0.0800. The third kappa shape index (κ3) is 8.26. The number of unbranched alkanes of at least 4 members (excludes halogenated alkanes) is 2. The van der Waals surface area contributed by atoms with Gasteiger partial charge in [0.15, 0.2) is 0 Å². The molecule has 0 aromatic carbocycles. The highest BCUT2D eigenvalue weighted by molar-refractivity contribution is 4.66. The van der Waals surface area contributed by atoms with Gasteiger partial charge in [0, 0.05) is 12.1 Å². The Kier molecular flexibility index (Phi) is 8.46. The molecule has 0 saturated heterocycles. The Morgan fingerprint density at radius 1 is 0.846 bits per heavy atom. The van der Waals surface area contributed by atoms with Crippen LogP contribution < -0.4 is 11.5 Å². The second-order valence-corrected chi connectivity index (χ2v) is 4.00. The summed E-state index contributed by atoms with van der Waals surface area (Å²) >= 11 is 0. The minimum Gasteiger partial charge on any atom is -0.328 e. The van der Waals surface area contributed by atoms with Crippen molar-refractivity contribution in [2.75, 3.05) is 0 Å². The van der Waals surface area contributed by atoms with Gasteiger partial charge in [-0.1, -0.05) is 33.1 Å². The zero-order valence-electron chi connectivity index (χ0n) is 9.26. The second kappa shape index (κ2) is 8.52. The summed E-state index contributed by atoms with van der Waals surface area (Å²) < 4.78 is 0. The molecule has 0 aliphatic heterocycles. The first kappa shape index (κ1) is 12.9. The monoisotopic (exact) mass is 186 g/mol. The third-order valence-corrected chi connectivity index (χ3v) is 2.61. The van der Waals surface area contributed by atoms with Crippen LogP contribution in [0.1, 0.15) is 58.8 Å². The molecule has 2 heteroatoms. The van der Waals surface area contributed by atoms with Crippen molar-refractivity contribution in [1.29, 1.82) is 0 Å². The van der Waals surface area contributed by atoms with Gasteiger partial charge >= 0.3 is 0 Å². The lowest BCUT2D eigenvalue weighted by Gasteiger charge is -2.13. The van der Waals surface area contributed by atoms with Crippen molar-refractivity contribution in [2.45, 2.75) is 70.9 Å². The van der Waals surface area contributed by atoms with Gasteiger partial charge in [-0.2, -0.15) is 0 Å². The number of rotatable bonds is 8. The molecule has 0 radical (unpaired) electrons. The second-order valence-electron chi connectivity index (χ2n) is 4.00. The molecule has 0 amide bonds. The average Bonchev–Trinajstić information content (AvgIpc) is 2.14. The Labute approximate surface area is 83.1 Å². The van der Waals surface area contributed by atoms with E-state index in [-0.39, 0.29) is 0 Å². The van der Waals surface area contributed by atoms with Crippen LogP contribution in [0.15, 0.2) is 0 Å². The zero-order chi connectivity index (χ0) is 10.1. The van der Waals surface area contributed by atoms with Crippen molar-refractivity contribution in [3.63, 3.8) is 0 Å². The molecule has 4 N–H and O–H groups in total. The Morgan fingerprint density at radius 3 is 2.00 bits per heavy atom. The molecule has 0 aromatic heterocycles. The van der Waals surface area contributed by atoms with Crippen LogP contribution in [0.2, 0.25) is 0 Å². The van der Waals surface area contributed by atoms with E-state index >= 15 is 0 Å². The van der Waals surface area contributed by atoms with Gasteiger partial charge in [0.05, 0.1) is 0 Å². The molecule has 80 valence electrons. The maximum absolute atomic E-state index is 5.96. The molecule has 0 aliphatic rings. The van der Waals surface area contributed by atoms with E-state index < -0.39 is 0 Å². The summed E-state index contributed by atoms with van der Waals surface area (Å²) in [6.45, 7) is 4.35. The first-order valence-electron chi connectivity index (χ1n) is 5.71. The summed E-state index contributed by atoms with van der Waals surface area (Å²) in [7, 11) is 0. The van der Waals surface area contributed by atoms with Gasteiger partial charge in [-0.3, -0.25) is 0 Å². The van der Waals surface area contributed by atoms with E-state index in [1.54, 1.807) is 0 Å². The predicted molar refractivity (Wildman–Crippen MR) is 59.6 cm³/mol. The van der Waals surface area contributed by atoms with Crippen LogP contribution in [0.4, 0.5) is 0 Å². The lowest BCUT2D eigenvalue weighted by Crippen LogP contribution is -2.25. The highest BCUT2D eigenvalue weighted by Crippen LogP contribution is 2.08. The minimum atomic E-state index is 0.359. The van der Waals surface area contributed by atoms with E-state index in [0.717, 1.165) is 19.3 Å². The molecule has 0 spiro atoms. The van der Waals surface area contributed by atoms with Gasteiger partial charge in [-0.25, -0.2) is 0 Å². The Balaban J connectivity index is 3.24. The maximum Gasteiger partial charge on any atom is 0.00394 e. The van der Waals surface area contributed by atoms with Gasteiger partial charge < -0.3 is 11.5 Å². The lowest BCUT2D eigenvalue weighted by molar-refractivity contribution is 0.474. The van der Waals surface area contributed by atoms with E-state index in [1.165, 1.54) is 25.7 Å². The molecule has 0 bridgehead atoms. The number of hydrogen-bond donors (Lipinski definition) is 2. The fourth-order valence-corrected chi connectivity index (χ4v) is 1.43. The lowest BCUT2D eigenvalue weighted by atomic mass is 10.0. The fraction of sp³-hybridized carbons (Fsp3) is 1.00. The van der Waals surface area contributed by atoms with Crippen molar-refractivity contribution in [3.05, 3.63) is 0 Å². The van der Waals surface area contributed by atoms with Crippen LogP contribution in [-0.4, -0.2) is 12.1 Å². The smallest absolute Gasteiger partial charge is 0.00394 e. The molecule has 13 heavy (non-hydrogen) atoms. The molecular formula is C11H26N2. The molecule has 0 aliphatic carbocycles. The Morgan fingerprint density at radius 2 is 1.46 bits per heavy atom. The molecule has 0 rings (SSSR count). The predicted octanol–water partition coefficient (Wildman–Crippen LogP) is 2.41. The standard InChI is InChI=1S/C11H26N2/c1-3-5-6-7-11(13)9-8-10(12)4-2/h10-11H,3-9,12-13H2,1-2H3. The molecule has 0 heterocycles. The molecule has 2 nitrogen and oxygen atoms in total. The van der Waals surface area contributed by atoms with Gasteiger partial charge in [-0.05, 0) is 25.7 Å². The van der Waals surface area contributed by atoms with E-state index in [2.05, 4.69) is 13.8 Å². The highest BCUT2D eigenvalue weighted by Gasteiger charge is 2.05. The quantitative estimate of drug-likeness (QED) is 0.572. The van der Waals surface area contributed by atoms with Gasteiger partial charge in [0.25, 0.3) is 0 Å². The van der Waals surface area contributed by atoms with Gasteiger partial charge in [0.1, 0.15) is 0 Å². The van der Waals surface area contributed by atoms with Gasteiger partial charge in [-0.15, -0.1) is 0 Å². The summed E-state index contributed by atoms with van der Waals surface area (Å²) in [6, 6.07) is 0.737. The third-order valence-electron chi connectivity index (χ3n) is 2.61. The van der Waals surface area contributed by atoms with E-state index in [0.29, 0.717) is 12.1 Å². The number of hydrogen-bond acceptors (Lipinski definition) is 2. The van der Waals surface area contributed by atoms with Crippen LogP contribution in [0, 0.1) is 0 Å². The van der Waals surface area contributed by atoms with Gasteiger partial charge in [0.2, 0.25) is 0 Å². The zero-order valence-corrected chi connectivity index (χ0v) is 9.26. The van der Waals surface area contributed by atoms with Crippen molar-refractivity contribution in [3.8, 4) is 0 Å². The molecule has 0 aromatic rings. The van der Waals surface area contributed by atoms with Crippen LogP contribution in [0.3, 0.4) is 0 Å². The summed E-state index contributed by atoms with van der Waals surface area (Å²) in [6.07, 6.45) is 8.29.